The monoisotopic (exact) mass is 314 g/mol. The number of carbonyl (C=O) groups is 3. The first-order chi connectivity index (χ1) is 8.38. The number of ether oxygens (including phenoxy) is 1. The Morgan fingerprint density at radius 2 is 1.78 bits per heavy atom. The van der Waals surface area contributed by atoms with E-state index in [-0.39, 0.29) is 11.1 Å². The molecule has 0 aliphatic carbocycles. The van der Waals surface area contributed by atoms with Gasteiger partial charge in [-0.1, -0.05) is 0 Å². The van der Waals surface area contributed by atoms with Gasteiger partial charge in [-0.2, -0.15) is 0 Å². The SMILES string of the molecule is COC(=O)c1ccc([AsH2])c(C(C(=O)O)C(=O)O)c1. The van der Waals surface area contributed by atoms with E-state index in [1.54, 1.807) is 0 Å². The summed E-state index contributed by atoms with van der Waals surface area (Å²) in [4.78, 5) is 33.2. The maximum atomic E-state index is 11.3. The van der Waals surface area contributed by atoms with Crippen LogP contribution in [-0.4, -0.2) is 52.1 Å². The Morgan fingerprint density at radius 3 is 2.22 bits per heavy atom. The second kappa shape index (κ2) is 5.69. The third kappa shape index (κ3) is 2.90. The van der Waals surface area contributed by atoms with E-state index in [1.165, 1.54) is 25.3 Å². The molecule has 0 saturated carbocycles. The summed E-state index contributed by atoms with van der Waals surface area (Å²) in [7, 11) is 1.19. The Kier molecular flexibility index (Phi) is 4.50. The number of methoxy groups -OCH3 is 1. The van der Waals surface area contributed by atoms with E-state index in [0.29, 0.717) is 4.35 Å². The molecule has 1 aromatic carbocycles. The fourth-order valence-electron chi connectivity index (χ4n) is 1.44. The maximum absolute atomic E-state index is 11.3. The van der Waals surface area contributed by atoms with Crippen LogP contribution in [0.3, 0.4) is 0 Å². The topological polar surface area (TPSA) is 101 Å². The van der Waals surface area contributed by atoms with Crippen LogP contribution in [0.1, 0.15) is 21.8 Å². The molecule has 0 radical (unpaired) electrons. The van der Waals surface area contributed by atoms with Crippen molar-refractivity contribution in [3.05, 3.63) is 29.3 Å². The van der Waals surface area contributed by atoms with Crippen LogP contribution in [0.5, 0.6) is 0 Å². The minimum absolute atomic E-state index is 0.0953. The van der Waals surface area contributed by atoms with Gasteiger partial charge in [-0.15, -0.1) is 0 Å². The predicted molar refractivity (Wildman–Crippen MR) is 64.0 cm³/mol. The van der Waals surface area contributed by atoms with Gasteiger partial charge in [0.25, 0.3) is 0 Å². The molecular formula is C11H11AsO6. The molecule has 0 spiro atoms. The molecule has 18 heavy (non-hydrogen) atoms. The van der Waals surface area contributed by atoms with Gasteiger partial charge in [0.1, 0.15) is 0 Å². The molecule has 2 N–H and O–H groups in total. The van der Waals surface area contributed by atoms with Gasteiger partial charge in [-0.3, -0.25) is 0 Å². The normalized spacial score (nSPS) is 10.2. The fourth-order valence-corrected chi connectivity index (χ4v) is 2.17. The summed E-state index contributed by atoms with van der Waals surface area (Å²) in [5, 5.41) is 17.8. The van der Waals surface area contributed by atoms with E-state index in [2.05, 4.69) is 4.74 Å². The van der Waals surface area contributed by atoms with Crippen molar-refractivity contribution in [1.82, 2.24) is 0 Å². The molecule has 0 bridgehead atoms. The molecule has 0 aromatic heterocycles. The average Bonchev–Trinajstić information content (AvgIpc) is 2.30. The fraction of sp³-hybridized carbons (Fsp3) is 0.182. The molecule has 0 fully saturated rings. The third-order valence-corrected chi connectivity index (χ3v) is 3.42. The number of carboxylic acid groups (broad SMARTS) is 2. The predicted octanol–water partition coefficient (Wildman–Crippen LogP) is -1.02. The average molecular weight is 314 g/mol. The standard InChI is InChI=1S/C11H11AsO6/c1-18-11(17)5-2-3-7(12)6(4-5)8(9(13)14)10(15)16/h2-4,8H,12H2,1H3,(H,13,14)(H,15,16). The summed E-state index contributed by atoms with van der Waals surface area (Å²) in [6, 6.07) is 4.23. The second-order valence-corrected chi connectivity index (χ2v) is 4.75. The molecule has 0 heterocycles. The van der Waals surface area contributed by atoms with E-state index in [0.717, 1.165) is 16.9 Å². The molecule has 96 valence electrons. The Morgan fingerprint density at radius 1 is 1.22 bits per heavy atom. The molecule has 6 nitrogen and oxygen atoms in total. The molecule has 0 saturated heterocycles. The van der Waals surface area contributed by atoms with E-state index < -0.39 is 23.8 Å². The van der Waals surface area contributed by atoms with E-state index in [4.69, 9.17) is 10.2 Å². The van der Waals surface area contributed by atoms with Gasteiger partial charge in [0.2, 0.25) is 0 Å². The molecule has 0 aliphatic rings. The Balaban J connectivity index is 3.33. The van der Waals surface area contributed by atoms with E-state index >= 15 is 0 Å². The van der Waals surface area contributed by atoms with Crippen LogP contribution in [0.4, 0.5) is 0 Å². The number of hydrogen-bond donors (Lipinski definition) is 2. The second-order valence-electron chi connectivity index (χ2n) is 3.44. The van der Waals surface area contributed by atoms with Gasteiger partial charge in [-0.25, -0.2) is 0 Å². The van der Waals surface area contributed by atoms with Crippen LogP contribution in [0.25, 0.3) is 0 Å². The van der Waals surface area contributed by atoms with Crippen molar-refractivity contribution in [2.45, 2.75) is 5.92 Å². The molecule has 7 heteroatoms. The number of carboxylic acids is 2. The van der Waals surface area contributed by atoms with Crippen LogP contribution in [-0.2, 0) is 14.3 Å². The number of carbonyl (C=O) groups excluding carboxylic acids is 1. The van der Waals surface area contributed by atoms with Crippen LogP contribution >= 0.6 is 0 Å². The van der Waals surface area contributed by atoms with E-state index in [1.807, 2.05) is 0 Å². The summed E-state index contributed by atoms with van der Waals surface area (Å²) >= 11 is 1.08. The Bertz CT molecular complexity index is 496. The minimum atomic E-state index is -1.68. The first kappa shape index (κ1) is 14.3. The molecule has 0 amide bonds. The molecule has 1 atom stereocenters. The van der Waals surface area contributed by atoms with Crippen molar-refractivity contribution in [2.24, 2.45) is 0 Å². The Hall–Kier alpha value is -1.81. The number of benzene rings is 1. The first-order valence-corrected chi connectivity index (χ1v) is 6.03. The number of aliphatic carboxylic acids is 2. The first-order valence-electron chi connectivity index (χ1n) is 4.81. The molecule has 0 aliphatic heterocycles. The van der Waals surface area contributed by atoms with Gasteiger partial charge >= 0.3 is 111 Å². The molecule has 1 rings (SSSR count). The van der Waals surface area contributed by atoms with Gasteiger partial charge in [0, 0.05) is 0 Å². The van der Waals surface area contributed by atoms with Crippen molar-refractivity contribution >= 4 is 39.1 Å². The van der Waals surface area contributed by atoms with Crippen molar-refractivity contribution in [3.8, 4) is 0 Å². The summed E-state index contributed by atoms with van der Waals surface area (Å²) in [6.07, 6.45) is 0. The summed E-state index contributed by atoms with van der Waals surface area (Å²) in [5.74, 6) is -5.26. The zero-order chi connectivity index (χ0) is 13.9. The zero-order valence-corrected chi connectivity index (χ0v) is 11.8. The quantitative estimate of drug-likeness (QED) is 0.419. The van der Waals surface area contributed by atoms with Crippen molar-refractivity contribution < 1.29 is 29.3 Å². The van der Waals surface area contributed by atoms with Crippen LogP contribution in [0, 0.1) is 0 Å². The van der Waals surface area contributed by atoms with Gasteiger partial charge in [0.05, 0.1) is 0 Å². The van der Waals surface area contributed by atoms with Crippen molar-refractivity contribution in [1.29, 1.82) is 0 Å². The Labute approximate surface area is 111 Å². The molecular weight excluding hydrogens is 303 g/mol. The molecule has 1 unspecified atom stereocenters. The number of esters is 1. The zero-order valence-electron chi connectivity index (χ0n) is 9.41. The summed E-state index contributed by atoms with van der Waals surface area (Å²) < 4.78 is 5.05. The van der Waals surface area contributed by atoms with Crippen LogP contribution in [0.15, 0.2) is 18.2 Å². The summed E-state index contributed by atoms with van der Waals surface area (Å²) in [5.41, 5.74) is 0.222. The van der Waals surface area contributed by atoms with Crippen LogP contribution in [0.2, 0.25) is 0 Å². The van der Waals surface area contributed by atoms with Crippen molar-refractivity contribution in [2.75, 3.05) is 7.11 Å². The summed E-state index contributed by atoms with van der Waals surface area (Å²) in [6.45, 7) is 0. The number of rotatable bonds is 4. The van der Waals surface area contributed by atoms with Gasteiger partial charge in [-0.05, 0) is 0 Å². The van der Waals surface area contributed by atoms with Crippen LogP contribution < -0.4 is 4.35 Å². The van der Waals surface area contributed by atoms with Gasteiger partial charge < -0.3 is 0 Å². The van der Waals surface area contributed by atoms with E-state index in [9.17, 15) is 14.4 Å². The molecule has 1 aromatic rings. The van der Waals surface area contributed by atoms with Gasteiger partial charge in [0.15, 0.2) is 0 Å². The third-order valence-electron chi connectivity index (χ3n) is 2.31. The number of hydrogen-bond acceptors (Lipinski definition) is 4. The van der Waals surface area contributed by atoms with Crippen molar-refractivity contribution in [3.63, 3.8) is 0 Å².